The topological polar surface area (TPSA) is 36.0 Å². The van der Waals surface area contributed by atoms with Crippen molar-refractivity contribution in [3.05, 3.63) is 59.9 Å². The van der Waals surface area contributed by atoms with E-state index in [2.05, 4.69) is 4.90 Å². The summed E-state index contributed by atoms with van der Waals surface area (Å²) in [6.07, 6.45) is 0. The first-order valence-corrected chi connectivity index (χ1v) is 9.72. The quantitative estimate of drug-likeness (QED) is 0.734. The van der Waals surface area contributed by atoms with E-state index < -0.39 is 0 Å². The van der Waals surface area contributed by atoms with Crippen molar-refractivity contribution >= 4 is 11.6 Å². The summed E-state index contributed by atoms with van der Waals surface area (Å²) >= 11 is 0. The number of methoxy groups -OCH3 is 1. The first kappa shape index (κ1) is 20.1. The molecule has 0 aromatic heterocycles. The highest BCUT2D eigenvalue weighted by Gasteiger charge is 2.22. The van der Waals surface area contributed by atoms with Gasteiger partial charge in [-0.2, -0.15) is 0 Å². The van der Waals surface area contributed by atoms with E-state index in [4.69, 9.17) is 4.74 Å². The fourth-order valence-corrected chi connectivity index (χ4v) is 3.47. The molecule has 5 nitrogen and oxygen atoms in total. The van der Waals surface area contributed by atoms with Gasteiger partial charge in [-0.3, -0.25) is 9.69 Å². The number of anilines is 1. The molecule has 0 bridgehead atoms. The van der Waals surface area contributed by atoms with E-state index in [1.165, 1.54) is 12.1 Å². The largest absolute Gasteiger partial charge is 0.497 e. The van der Waals surface area contributed by atoms with Crippen molar-refractivity contribution in [2.75, 3.05) is 51.3 Å². The van der Waals surface area contributed by atoms with Crippen LogP contribution in [0.2, 0.25) is 0 Å². The molecule has 2 aromatic carbocycles. The number of rotatable bonds is 7. The summed E-state index contributed by atoms with van der Waals surface area (Å²) in [5.74, 6) is 0.734. The molecule has 150 valence electrons. The molecular weight excluding hydrogens is 357 g/mol. The van der Waals surface area contributed by atoms with E-state index in [1.54, 1.807) is 13.2 Å². The normalized spacial score (nSPS) is 14.4. The summed E-state index contributed by atoms with van der Waals surface area (Å²) in [4.78, 5) is 19.0. The monoisotopic (exact) mass is 385 g/mol. The molecule has 0 radical (unpaired) electrons. The Morgan fingerprint density at radius 2 is 1.82 bits per heavy atom. The molecule has 1 amide bonds. The number of nitrogens with zero attached hydrogens (tertiary/aromatic N) is 3. The number of piperazine rings is 1. The maximum absolute atomic E-state index is 13.4. The van der Waals surface area contributed by atoms with E-state index in [1.807, 2.05) is 47.1 Å². The fourth-order valence-electron chi connectivity index (χ4n) is 3.47. The Morgan fingerprint density at radius 3 is 2.43 bits per heavy atom. The number of benzene rings is 2. The molecule has 1 saturated heterocycles. The summed E-state index contributed by atoms with van der Waals surface area (Å²) in [5, 5.41) is 0. The predicted octanol–water partition coefficient (Wildman–Crippen LogP) is 3.01. The lowest BCUT2D eigenvalue weighted by Crippen LogP contribution is -2.51. The summed E-state index contributed by atoms with van der Waals surface area (Å²) in [7, 11) is 1.66. The van der Waals surface area contributed by atoms with Gasteiger partial charge in [-0.25, -0.2) is 4.39 Å². The highest BCUT2D eigenvalue weighted by Crippen LogP contribution is 2.20. The van der Waals surface area contributed by atoms with Gasteiger partial charge >= 0.3 is 0 Å². The van der Waals surface area contributed by atoms with Crippen LogP contribution in [0.1, 0.15) is 12.5 Å². The lowest BCUT2D eigenvalue weighted by atomic mass is 10.2. The molecule has 2 aromatic rings. The van der Waals surface area contributed by atoms with Crippen LogP contribution >= 0.6 is 0 Å². The van der Waals surface area contributed by atoms with E-state index in [9.17, 15) is 9.18 Å². The highest BCUT2D eigenvalue weighted by atomic mass is 19.1. The van der Waals surface area contributed by atoms with Gasteiger partial charge < -0.3 is 14.5 Å². The minimum absolute atomic E-state index is 0.132. The van der Waals surface area contributed by atoms with Crippen LogP contribution in [0.4, 0.5) is 10.1 Å². The van der Waals surface area contributed by atoms with Crippen LogP contribution in [0.15, 0.2) is 48.5 Å². The Balaban J connectivity index is 1.50. The van der Waals surface area contributed by atoms with Crippen LogP contribution in [0.5, 0.6) is 5.75 Å². The minimum atomic E-state index is -0.241. The van der Waals surface area contributed by atoms with Crippen molar-refractivity contribution in [2.45, 2.75) is 13.5 Å². The molecule has 28 heavy (non-hydrogen) atoms. The van der Waals surface area contributed by atoms with Gasteiger partial charge in [0.05, 0.1) is 13.7 Å². The molecule has 0 atom stereocenters. The maximum Gasteiger partial charge on any atom is 0.236 e. The number of hydrogen-bond donors (Lipinski definition) is 0. The van der Waals surface area contributed by atoms with Gasteiger partial charge in [0.25, 0.3) is 0 Å². The first-order chi connectivity index (χ1) is 13.6. The van der Waals surface area contributed by atoms with Gasteiger partial charge in [0, 0.05) is 38.4 Å². The molecule has 0 unspecified atom stereocenters. The van der Waals surface area contributed by atoms with Crippen LogP contribution in [-0.4, -0.2) is 62.1 Å². The summed E-state index contributed by atoms with van der Waals surface area (Å²) in [5.41, 5.74) is 2.04. The second-order valence-corrected chi connectivity index (χ2v) is 7.00. The molecule has 0 aliphatic carbocycles. The SMILES string of the molecule is CCN(CC(=O)N1CCN(c2ccc(OC)cc2)CC1)Cc1cccc(F)c1. The van der Waals surface area contributed by atoms with Gasteiger partial charge in [-0.05, 0) is 48.5 Å². The van der Waals surface area contributed by atoms with E-state index in [-0.39, 0.29) is 11.7 Å². The lowest BCUT2D eigenvalue weighted by Gasteiger charge is -2.37. The second kappa shape index (κ2) is 9.55. The number of likely N-dealkylation sites (N-methyl/N-ethyl adjacent to an activating group) is 1. The zero-order chi connectivity index (χ0) is 19.9. The van der Waals surface area contributed by atoms with Gasteiger partial charge in [0.2, 0.25) is 5.91 Å². The van der Waals surface area contributed by atoms with E-state index in [0.29, 0.717) is 26.2 Å². The molecule has 3 rings (SSSR count). The van der Waals surface area contributed by atoms with Gasteiger partial charge in [-0.15, -0.1) is 0 Å². The third-order valence-electron chi connectivity index (χ3n) is 5.17. The van der Waals surface area contributed by atoms with Crippen LogP contribution < -0.4 is 9.64 Å². The molecule has 0 N–H and O–H groups in total. The third kappa shape index (κ3) is 5.23. The zero-order valence-electron chi connectivity index (χ0n) is 16.6. The number of halogens is 1. The Morgan fingerprint density at radius 1 is 1.11 bits per heavy atom. The summed E-state index contributed by atoms with van der Waals surface area (Å²) < 4.78 is 18.6. The minimum Gasteiger partial charge on any atom is -0.497 e. The van der Waals surface area contributed by atoms with Crippen molar-refractivity contribution in [2.24, 2.45) is 0 Å². The average molecular weight is 385 g/mol. The molecule has 0 spiro atoms. The smallest absolute Gasteiger partial charge is 0.236 e. The number of hydrogen-bond acceptors (Lipinski definition) is 4. The van der Waals surface area contributed by atoms with Crippen molar-refractivity contribution in [3.8, 4) is 5.75 Å². The molecular formula is C22H28FN3O2. The van der Waals surface area contributed by atoms with Gasteiger partial charge in [0.15, 0.2) is 0 Å². The average Bonchev–Trinajstić information content (AvgIpc) is 2.73. The third-order valence-corrected chi connectivity index (χ3v) is 5.17. The Kier molecular flexibility index (Phi) is 6.87. The molecule has 1 heterocycles. The van der Waals surface area contributed by atoms with Crippen LogP contribution in [0.3, 0.4) is 0 Å². The molecule has 1 fully saturated rings. The van der Waals surface area contributed by atoms with Crippen LogP contribution in [0.25, 0.3) is 0 Å². The van der Waals surface area contributed by atoms with Gasteiger partial charge in [0.1, 0.15) is 11.6 Å². The number of carbonyl (C=O) groups is 1. The second-order valence-electron chi connectivity index (χ2n) is 7.00. The highest BCUT2D eigenvalue weighted by molar-refractivity contribution is 5.78. The first-order valence-electron chi connectivity index (χ1n) is 9.72. The molecule has 6 heteroatoms. The number of amides is 1. The Hall–Kier alpha value is -2.60. The number of ether oxygens (including phenoxy) is 1. The van der Waals surface area contributed by atoms with E-state index >= 15 is 0 Å². The predicted molar refractivity (Wildman–Crippen MR) is 109 cm³/mol. The fraction of sp³-hybridized carbons (Fsp3) is 0.409. The summed E-state index contributed by atoms with van der Waals surface area (Å²) in [6, 6.07) is 14.6. The van der Waals surface area contributed by atoms with Crippen LogP contribution in [0, 0.1) is 5.82 Å². The van der Waals surface area contributed by atoms with Gasteiger partial charge in [-0.1, -0.05) is 19.1 Å². The van der Waals surface area contributed by atoms with Crippen molar-refractivity contribution in [1.82, 2.24) is 9.80 Å². The molecule has 1 aliphatic rings. The molecule has 1 aliphatic heterocycles. The van der Waals surface area contributed by atoms with Crippen molar-refractivity contribution in [3.63, 3.8) is 0 Å². The van der Waals surface area contributed by atoms with Crippen molar-refractivity contribution < 1.29 is 13.9 Å². The van der Waals surface area contributed by atoms with E-state index in [0.717, 1.165) is 36.6 Å². The Labute approximate surface area is 166 Å². The van der Waals surface area contributed by atoms with Crippen molar-refractivity contribution in [1.29, 1.82) is 0 Å². The van der Waals surface area contributed by atoms with Crippen LogP contribution in [-0.2, 0) is 11.3 Å². The zero-order valence-corrected chi connectivity index (χ0v) is 16.6. The Bertz CT molecular complexity index is 774. The summed E-state index contributed by atoms with van der Waals surface area (Å²) in [6.45, 7) is 6.75. The lowest BCUT2D eigenvalue weighted by molar-refractivity contribution is -0.132. The molecule has 0 saturated carbocycles. The maximum atomic E-state index is 13.4. The standard InChI is InChI=1S/C22H28FN3O2/c1-3-24(16-18-5-4-6-19(23)15-18)17-22(27)26-13-11-25(12-14-26)20-7-9-21(28-2)10-8-20/h4-10,15H,3,11-14,16-17H2,1-2H3. The number of carbonyl (C=O) groups excluding carboxylic acids is 1.